The second kappa shape index (κ2) is 14.1. The van der Waals surface area contributed by atoms with Crippen LogP contribution in [0.3, 0.4) is 0 Å². The van der Waals surface area contributed by atoms with Gasteiger partial charge in [-0.15, -0.1) is 0 Å². The van der Waals surface area contributed by atoms with E-state index >= 15 is 0 Å². The third kappa shape index (κ3) is 6.87. The van der Waals surface area contributed by atoms with Gasteiger partial charge in [0.25, 0.3) is 0 Å². The fraction of sp³-hybridized carbons (Fsp3) is 0.356. The molecule has 2 aliphatic carbocycles. The molecule has 250 valence electrons. The Bertz CT molecular complexity index is 1910. The first-order valence-electron chi connectivity index (χ1n) is 17.2. The van der Waals surface area contributed by atoms with Gasteiger partial charge in [-0.2, -0.15) is 0 Å². The van der Waals surface area contributed by atoms with E-state index in [1.165, 1.54) is 50.1 Å². The molecule has 0 N–H and O–H groups in total. The summed E-state index contributed by atoms with van der Waals surface area (Å²) in [5.74, 6) is 0.459. The van der Waals surface area contributed by atoms with Crippen LogP contribution in [-0.4, -0.2) is 3.21 Å². The van der Waals surface area contributed by atoms with Gasteiger partial charge in [0.15, 0.2) is 0 Å². The number of aryl methyl sites for hydroxylation is 2. The first-order chi connectivity index (χ1) is 21.6. The van der Waals surface area contributed by atoms with Gasteiger partial charge in [0.05, 0.1) is 0 Å². The van der Waals surface area contributed by atoms with Crippen molar-refractivity contribution >= 4 is 6.48 Å². The summed E-state index contributed by atoms with van der Waals surface area (Å²) in [6, 6.07) is 31.3. The van der Waals surface area contributed by atoms with E-state index in [1.807, 2.05) is 0 Å². The molecule has 0 bridgehead atoms. The third-order valence-electron chi connectivity index (χ3n) is 10.8. The third-order valence-corrected chi connectivity index (χ3v) is 19.4. The summed E-state index contributed by atoms with van der Waals surface area (Å²) in [7, 11) is 0. The van der Waals surface area contributed by atoms with E-state index in [9.17, 15) is 0 Å². The van der Waals surface area contributed by atoms with Crippen LogP contribution in [0.2, 0.25) is 0 Å². The van der Waals surface area contributed by atoms with Crippen molar-refractivity contribution in [2.24, 2.45) is 5.92 Å². The normalized spacial score (nSPS) is 15.4. The first-order valence-corrected chi connectivity index (χ1v) is 20.8. The maximum absolute atomic E-state index is 2.94. The van der Waals surface area contributed by atoms with Crippen LogP contribution in [0.15, 0.2) is 98.9 Å². The van der Waals surface area contributed by atoms with Gasteiger partial charge < -0.3 is 24.8 Å². The minimum atomic E-state index is -2.94. The van der Waals surface area contributed by atoms with Gasteiger partial charge in [0, 0.05) is 0 Å². The molecule has 1 unspecified atom stereocenters. The second-order valence-corrected chi connectivity index (χ2v) is 21.7. The van der Waals surface area contributed by atoms with Gasteiger partial charge in [-0.1, -0.05) is 0 Å². The monoisotopic (exact) mass is 752 g/mol. The molecular weight excluding hydrogens is 703 g/mol. The van der Waals surface area contributed by atoms with Gasteiger partial charge in [-0.05, 0) is 0 Å². The van der Waals surface area contributed by atoms with E-state index in [2.05, 4.69) is 162 Å². The average molecular weight is 755 g/mol. The Morgan fingerprint density at radius 1 is 0.625 bits per heavy atom. The Morgan fingerprint density at radius 3 is 1.60 bits per heavy atom. The van der Waals surface area contributed by atoms with Crippen LogP contribution >= 0.6 is 0 Å². The molecule has 6 rings (SSSR count). The quantitative estimate of drug-likeness (QED) is 0.236. The van der Waals surface area contributed by atoms with Crippen LogP contribution in [0.5, 0.6) is 0 Å². The Balaban J connectivity index is 0.00000260. The van der Waals surface area contributed by atoms with Crippen molar-refractivity contribution in [1.29, 1.82) is 0 Å². The summed E-state index contributed by atoms with van der Waals surface area (Å²) < 4.78 is 5.11. The maximum atomic E-state index is 2.52. The molecule has 0 spiro atoms. The van der Waals surface area contributed by atoms with E-state index in [1.54, 1.807) is 32.0 Å². The summed E-state index contributed by atoms with van der Waals surface area (Å²) in [5, 5.41) is 0. The van der Waals surface area contributed by atoms with Crippen LogP contribution in [0, 0.1) is 19.8 Å². The molecule has 4 aromatic rings. The number of halogens is 2. The van der Waals surface area contributed by atoms with Crippen LogP contribution in [0.4, 0.5) is 0 Å². The van der Waals surface area contributed by atoms with E-state index < -0.39 is 21.3 Å². The van der Waals surface area contributed by atoms with Crippen LogP contribution in [0.25, 0.3) is 11.1 Å². The van der Waals surface area contributed by atoms with Gasteiger partial charge >= 0.3 is 288 Å². The Hall–Kier alpha value is -2.31. The Labute approximate surface area is 311 Å². The topological polar surface area (TPSA) is 0 Å². The zero-order valence-corrected chi connectivity index (χ0v) is 35.0. The first kappa shape index (κ1) is 38.5. The Kier molecular flexibility index (Phi) is 11.3. The summed E-state index contributed by atoms with van der Waals surface area (Å²) in [4.78, 5) is 0. The summed E-state index contributed by atoms with van der Waals surface area (Å²) >= 11 is -2.94. The molecule has 0 radical (unpaired) electrons. The van der Waals surface area contributed by atoms with Crippen molar-refractivity contribution in [1.82, 2.24) is 0 Å². The summed E-state index contributed by atoms with van der Waals surface area (Å²) in [6.45, 7) is 28.4. The van der Waals surface area contributed by atoms with E-state index in [0.29, 0.717) is 5.92 Å². The fourth-order valence-electron chi connectivity index (χ4n) is 7.71. The van der Waals surface area contributed by atoms with E-state index in [-0.39, 0.29) is 35.6 Å². The number of benzene rings is 4. The molecule has 4 aromatic carbocycles. The standard InChI is InChI=1S/C21H25.C15H14.C9H13.2ClH.Zr/c1-20(2,3)16-7-9-18-14(12-16)11-15-13-17(21(4,5)6)8-10-19(15)18;1-12-3-7-14(8-4-12)11-15-9-5-13(2)6-10-15;1-6-5-7(2)9(4)8(6)3;;;/h7-10,12H,11H2,1-6H3;3-10H,1-2H3;6H,1-4H3;2*1H;/q;;;;;+2/p-2. The molecular formula is C45H52Cl2Zr. The molecule has 3 heteroatoms. The zero-order chi connectivity index (χ0) is 33.3. The van der Waals surface area contributed by atoms with Crippen LogP contribution in [0.1, 0.15) is 114 Å². The maximum Gasteiger partial charge on any atom is -1.00 e. The Morgan fingerprint density at radius 2 is 1.15 bits per heavy atom. The number of allylic oxidation sites excluding steroid dienone is 4. The fourth-order valence-corrected chi connectivity index (χ4v) is 17.9. The van der Waals surface area contributed by atoms with Crippen LogP contribution in [-0.2, 0) is 38.5 Å². The molecule has 0 aromatic heterocycles. The van der Waals surface area contributed by atoms with Crippen molar-refractivity contribution in [3.63, 3.8) is 0 Å². The largest absolute Gasteiger partial charge is 1.00 e. The molecule has 0 saturated heterocycles. The van der Waals surface area contributed by atoms with Crippen LogP contribution < -0.4 is 28.1 Å². The molecule has 0 nitrogen and oxygen atoms in total. The smallest absolute Gasteiger partial charge is 1.00 e. The number of hydrogen-bond donors (Lipinski definition) is 0. The summed E-state index contributed by atoms with van der Waals surface area (Å²) in [6.07, 6.45) is 1.03. The van der Waals surface area contributed by atoms with Crippen molar-refractivity contribution in [2.45, 2.75) is 100 Å². The molecule has 48 heavy (non-hydrogen) atoms. The average Bonchev–Trinajstić information content (AvgIpc) is 3.46. The second-order valence-electron chi connectivity index (χ2n) is 16.1. The van der Waals surface area contributed by atoms with Crippen molar-refractivity contribution in [2.75, 3.05) is 0 Å². The molecule has 1 atom stereocenters. The molecule has 0 fully saturated rings. The zero-order valence-electron chi connectivity index (χ0n) is 31.0. The van der Waals surface area contributed by atoms with Gasteiger partial charge in [-0.25, -0.2) is 0 Å². The van der Waals surface area contributed by atoms with Crippen molar-refractivity contribution < 1.29 is 46.1 Å². The predicted octanol–water partition coefficient (Wildman–Crippen LogP) is 5.25. The van der Waals surface area contributed by atoms with E-state index in [0.717, 1.165) is 6.42 Å². The molecule has 0 aliphatic heterocycles. The summed E-state index contributed by atoms with van der Waals surface area (Å²) in [5.41, 5.74) is 19.2. The minimum Gasteiger partial charge on any atom is -1.00 e. The number of hydrogen-bond acceptors (Lipinski definition) is 0. The van der Waals surface area contributed by atoms with Crippen molar-refractivity contribution in [3.8, 4) is 11.1 Å². The van der Waals surface area contributed by atoms with Gasteiger partial charge in [-0.3, -0.25) is 0 Å². The molecule has 0 heterocycles. The predicted molar refractivity (Wildman–Crippen MR) is 198 cm³/mol. The number of fused-ring (bicyclic) bond motifs is 3. The molecule has 2 aliphatic rings. The van der Waals surface area contributed by atoms with Gasteiger partial charge in [0.1, 0.15) is 0 Å². The molecule has 0 amide bonds. The van der Waals surface area contributed by atoms with Gasteiger partial charge in [0.2, 0.25) is 0 Å². The number of rotatable bonds is 4. The SMILES string of the molecule is CC1=C(C)C(C)[C]([Zr+2](=[C](c2ccc(C)cc2)c2ccc(C)cc2)[c]2c(C(C)(C)C)ccc3c2Cc2cc(C(C)(C)C)ccc2-3)=C1C.[Cl-].[Cl-]. The van der Waals surface area contributed by atoms with E-state index in [4.69, 9.17) is 0 Å². The molecule has 0 saturated carbocycles. The van der Waals surface area contributed by atoms with Crippen molar-refractivity contribution in [3.05, 3.63) is 143 Å². The minimum absolute atomic E-state index is 0.